The second-order valence-electron chi connectivity index (χ2n) is 4.87. The lowest BCUT2D eigenvalue weighted by atomic mass is 9.95. The van der Waals surface area contributed by atoms with Crippen molar-refractivity contribution in [2.45, 2.75) is 43.5 Å². The molecule has 19 heavy (non-hydrogen) atoms. The molecule has 0 aliphatic heterocycles. The molecule has 0 spiro atoms. The van der Waals surface area contributed by atoms with Crippen LogP contribution >= 0.6 is 11.6 Å². The van der Waals surface area contributed by atoms with Crippen molar-refractivity contribution in [3.63, 3.8) is 0 Å². The fourth-order valence-corrected chi connectivity index (χ4v) is 2.60. The Kier molecular flexibility index (Phi) is 4.75. The predicted octanol–water partition coefficient (Wildman–Crippen LogP) is 3.69. The van der Waals surface area contributed by atoms with E-state index in [1.165, 1.54) is 6.42 Å². The molecule has 1 N–H and O–H groups in total. The molecule has 1 fully saturated rings. The molecule has 1 unspecified atom stereocenters. The maximum absolute atomic E-state index is 13.5. The first-order valence-electron chi connectivity index (χ1n) is 6.47. The minimum atomic E-state index is -1.20. The Balaban J connectivity index is 2.03. The molecule has 2 nitrogen and oxygen atoms in total. The minimum Gasteiger partial charge on any atom is -0.352 e. The smallest absolute Gasteiger partial charge is 0.242 e. The van der Waals surface area contributed by atoms with E-state index in [4.69, 9.17) is 11.6 Å². The standard InChI is InChI=1S/C14H16ClF2NO/c15-13(11-8-9(16)6-7-12(11)17)14(19)18-10-4-2-1-3-5-10/h6-8,10,13H,1-5H2,(H,18,19). The largest absolute Gasteiger partial charge is 0.352 e. The first kappa shape index (κ1) is 14.3. The van der Waals surface area contributed by atoms with Gasteiger partial charge in [-0.1, -0.05) is 19.3 Å². The number of hydrogen-bond acceptors (Lipinski definition) is 1. The average Bonchev–Trinajstić information content (AvgIpc) is 2.42. The fraction of sp³-hybridized carbons (Fsp3) is 0.500. The zero-order valence-corrected chi connectivity index (χ0v) is 11.2. The summed E-state index contributed by atoms with van der Waals surface area (Å²) in [5, 5.41) is 1.61. The van der Waals surface area contributed by atoms with Gasteiger partial charge in [-0.15, -0.1) is 11.6 Å². The third-order valence-electron chi connectivity index (χ3n) is 3.41. The van der Waals surface area contributed by atoms with Crippen LogP contribution in [-0.4, -0.2) is 11.9 Å². The molecule has 0 heterocycles. The van der Waals surface area contributed by atoms with Crippen molar-refractivity contribution in [1.82, 2.24) is 5.32 Å². The van der Waals surface area contributed by atoms with Gasteiger partial charge in [0, 0.05) is 11.6 Å². The predicted molar refractivity (Wildman–Crippen MR) is 70.0 cm³/mol. The van der Waals surface area contributed by atoms with Gasteiger partial charge < -0.3 is 5.32 Å². The van der Waals surface area contributed by atoms with E-state index in [9.17, 15) is 13.6 Å². The van der Waals surface area contributed by atoms with Crippen molar-refractivity contribution in [3.05, 3.63) is 35.4 Å². The van der Waals surface area contributed by atoms with Gasteiger partial charge in [-0.25, -0.2) is 8.78 Å². The lowest BCUT2D eigenvalue weighted by molar-refractivity contribution is -0.121. The first-order valence-corrected chi connectivity index (χ1v) is 6.91. The number of carbonyl (C=O) groups is 1. The topological polar surface area (TPSA) is 29.1 Å². The van der Waals surface area contributed by atoms with Gasteiger partial charge in [0.25, 0.3) is 0 Å². The molecular weight excluding hydrogens is 272 g/mol. The van der Waals surface area contributed by atoms with Crippen molar-refractivity contribution >= 4 is 17.5 Å². The Bertz CT molecular complexity index is 461. The maximum Gasteiger partial charge on any atom is 0.242 e. The summed E-state index contributed by atoms with van der Waals surface area (Å²) in [5.41, 5.74) is -0.116. The number of hydrogen-bond donors (Lipinski definition) is 1. The van der Waals surface area contributed by atoms with E-state index in [-0.39, 0.29) is 11.6 Å². The molecule has 104 valence electrons. The molecule has 1 aromatic rings. The van der Waals surface area contributed by atoms with Crippen LogP contribution < -0.4 is 5.32 Å². The highest BCUT2D eigenvalue weighted by Crippen LogP contribution is 2.25. The number of amides is 1. The van der Waals surface area contributed by atoms with Crippen molar-refractivity contribution in [2.75, 3.05) is 0 Å². The molecule has 0 saturated heterocycles. The zero-order valence-electron chi connectivity index (χ0n) is 10.5. The number of alkyl halides is 1. The Labute approximate surface area is 116 Å². The second-order valence-corrected chi connectivity index (χ2v) is 5.31. The van der Waals surface area contributed by atoms with Gasteiger partial charge in [0.05, 0.1) is 0 Å². The number of carbonyl (C=O) groups excluding carboxylic acids is 1. The van der Waals surface area contributed by atoms with Crippen molar-refractivity contribution in [1.29, 1.82) is 0 Å². The molecule has 1 saturated carbocycles. The molecule has 0 aromatic heterocycles. The van der Waals surface area contributed by atoms with Crippen LogP contribution in [0.3, 0.4) is 0 Å². The molecule has 2 rings (SSSR count). The molecule has 1 aliphatic carbocycles. The molecule has 1 atom stereocenters. The minimum absolute atomic E-state index is 0.0964. The monoisotopic (exact) mass is 287 g/mol. The van der Waals surface area contributed by atoms with E-state index in [1.807, 2.05) is 0 Å². The zero-order chi connectivity index (χ0) is 13.8. The van der Waals surface area contributed by atoms with E-state index < -0.39 is 22.9 Å². The summed E-state index contributed by atoms with van der Waals surface area (Å²) in [6.07, 6.45) is 5.16. The van der Waals surface area contributed by atoms with E-state index in [0.29, 0.717) is 0 Å². The molecule has 0 bridgehead atoms. The normalized spacial score (nSPS) is 18.1. The molecule has 1 amide bonds. The van der Waals surface area contributed by atoms with E-state index >= 15 is 0 Å². The quantitative estimate of drug-likeness (QED) is 0.844. The van der Waals surface area contributed by atoms with Gasteiger partial charge >= 0.3 is 0 Å². The number of nitrogens with one attached hydrogen (secondary N) is 1. The Morgan fingerprint density at radius 1 is 1.26 bits per heavy atom. The van der Waals surface area contributed by atoms with E-state index in [1.54, 1.807) is 0 Å². The lowest BCUT2D eigenvalue weighted by Gasteiger charge is -2.24. The number of halogens is 3. The Hall–Kier alpha value is -1.16. The first-order chi connectivity index (χ1) is 9.08. The Morgan fingerprint density at radius 3 is 2.63 bits per heavy atom. The number of rotatable bonds is 3. The summed E-state index contributed by atoms with van der Waals surface area (Å²) in [6, 6.07) is 3.04. The van der Waals surface area contributed by atoms with Crippen LogP contribution in [0.2, 0.25) is 0 Å². The summed E-state index contributed by atoms with van der Waals surface area (Å²) in [7, 11) is 0. The van der Waals surface area contributed by atoms with Gasteiger partial charge in [0.2, 0.25) is 5.91 Å². The molecular formula is C14H16ClF2NO. The highest BCUT2D eigenvalue weighted by atomic mass is 35.5. The van der Waals surface area contributed by atoms with Crippen LogP contribution in [0.15, 0.2) is 18.2 Å². The van der Waals surface area contributed by atoms with Gasteiger partial charge in [0.1, 0.15) is 17.0 Å². The van der Waals surface area contributed by atoms with Crippen LogP contribution in [-0.2, 0) is 4.79 Å². The molecule has 5 heteroatoms. The summed E-state index contributed by atoms with van der Waals surface area (Å²) in [6.45, 7) is 0. The molecule has 0 radical (unpaired) electrons. The molecule has 1 aliphatic rings. The fourth-order valence-electron chi connectivity index (χ4n) is 2.37. The van der Waals surface area contributed by atoms with E-state index in [2.05, 4.69) is 5.32 Å². The summed E-state index contributed by atoms with van der Waals surface area (Å²) in [5.74, 6) is -1.73. The van der Waals surface area contributed by atoms with Crippen LogP contribution in [0, 0.1) is 11.6 Å². The lowest BCUT2D eigenvalue weighted by Crippen LogP contribution is -2.38. The highest BCUT2D eigenvalue weighted by Gasteiger charge is 2.24. The van der Waals surface area contributed by atoms with Crippen molar-refractivity contribution in [3.8, 4) is 0 Å². The Morgan fingerprint density at radius 2 is 1.95 bits per heavy atom. The van der Waals surface area contributed by atoms with Gasteiger partial charge in [-0.05, 0) is 31.0 Å². The van der Waals surface area contributed by atoms with Gasteiger partial charge in [0.15, 0.2) is 0 Å². The number of benzene rings is 1. The van der Waals surface area contributed by atoms with E-state index in [0.717, 1.165) is 43.9 Å². The summed E-state index contributed by atoms with van der Waals surface area (Å²) < 4.78 is 26.6. The molecule has 1 aromatic carbocycles. The second kappa shape index (κ2) is 6.33. The summed E-state index contributed by atoms with van der Waals surface area (Å²) >= 11 is 5.93. The van der Waals surface area contributed by atoms with Crippen LogP contribution in [0.1, 0.15) is 43.0 Å². The van der Waals surface area contributed by atoms with Gasteiger partial charge in [-0.3, -0.25) is 4.79 Å². The average molecular weight is 288 g/mol. The van der Waals surface area contributed by atoms with Crippen molar-refractivity contribution in [2.24, 2.45) is 0 Å². The maximum atomic E-state index is 13.5. The third kappa shape index (κ3) is 3.66. The van der Waals surface area contributed by atoms with Crippen LogP contribution in [0.4, 0.5) is 8.78 Å². The van der Waals surface area contributed by atoms with Crippen LogP contribution in [0.25, 0.3) is 0 Å². The highest BCUT2D eigenvalue weighted by molar-refractivity contribution is 6.30. The third-order valence-corrected chi connectivity index (χ3v) is 3.85. The van der Waals surface area contributed by atoms with Crippen molar-refractivity contribution < 1.29 is 13.6 Å². The van der Waals surface area contributed by atoms with Crippen LogP contribution in [0.5, 0.6) is 0 Å². The van der Waals surface area contributed by atoms with Gasteiger partial charge in [-0.2, -0.15) is 0 Å². The summed E-state index contributed by atoms with van der Waals surface area (Å²) in [4.78, 5) is 11.9. The SMILES string of the molecule is O=C(NC1CCCCC1)C(Cl)c1cc(F)ccc1F.